The van der Waals surface area contributed by atoms with Gasteiger partial charge >= 0.3 is 0 Å². The molecule has 0 aliphatic carbocycles. The third-order valence-electron chi connectivity index (χ3n) is 6.22. The average molecular weight is 445 g/mol. The van der Waals surface area contributed by atoms with Crippen LogP contribution in [0, 0.1) is 0 Å². The van der Waals surface area contributed by atoms with Crippen molar-refractivity contribution in [3.63, 3.8) is 0 Å². The Hall–Kier alpha value is -2.19. The summed E-state index contributed by atoms with van der Waals surface area (Å²) in [6, 6.07) is 13.1. The summed E-state index contributed by atoms with van der Waals surface area (Å²) < 4.78 is 0. The lowest BCUT2D eigenvalue weighted by Gasteiger charge is -2.46. The standard InChI is InChI=1S/C23H29ClN4O3/c24-19-6-4-18(5-7-19)15-22(30)28-10-8-20(29)23(31,17-28)16-26-11-13-27(14-12-26)21-3-1-2-9-25-21/h1-7,9,20,29,31H,8,10-17H2/t20-,23+/m0/s1. The van der Waals surface area contributed by atoms with Crippen LogP contribution in [-0.2, 0) is 11.2 Å². The zero-order valence-corrected chi connectivity index (χ0v) is 18.3. The molecule has 166 valence electrons. The molecule has 1 amide bonds. The smallest absolute Gasteiger partial charge is 0.227 e. The Kier molecular flexibility index (Phi) is 6.77. The number of carbonyl (C=O) groups excluding carboxylic acids is 1. The molecule has 1 aromatic carbocycles. The highest BCUT2D eigenvalue weighted by atomic mass is 35.5. The molecule has 31 heavy (non-hydrogen) atoms. The van der Waals surface area contributed by atoms with E-state index >= 15 is 0 Å². The predicted octanol–water partition coefficient (Wildman–Crippen LogP) is 1.42. The molecule has 0 radical (unpaired) electrons. The fourth-order valence-electron chi connectivity index (χ4n) is 4.38. The van der Waals surface area contributed by atoms with Gasteiger partial charge in [-0.25, -0.2) is 4.98 Å². The summed E-state index contributed by atoms with van der Waals surface area (Å²) in [4.78, 5) is 23.3. The van der Waals surface area contributed by atoms with E-state index in [0.29, 0.717) is 24.5 Å². The molecule has 1 aromatic heterocycles. The summed E-state index contributed by atoms with van der Waals surface area (Å²) in [7, 11) is 0. The maximum absolute atomic E-state index is 12.8. The molecule has 2 aromatic rings. The lowest BCUT2D eigenvalue weighted by molar-refractivity contribution is -0.155. The van der Waals surface area contributed by atoms with E-state index in [1.165, 1.54) is 0 Å². The minimum Gasteiger partial charge on any atom is -0.390 e. The van der Waals surface area contributed by atoms with Crippen molar-refractivity contribution in [2.45, 2.75) is 24.5 Å². The maximum atomic E-state index is 12.8. The Balaban J connectivity index is 1.34. The number of hydrogen-bond acceptors (Lipinski definition) is 6. The third-order valence-corrected chi connectivity index (χ3v) is 6.47. The Morgan fingerprint density at radius 3 is 2.52 bits per heavy atom. The van der Waals surface area contributed by atoms with E-state index in [1.54, 1.807) is 23.2 Å². The van der Waals surface area contributed by atoms with Crippen LogP contribution in [0.5, 0.6) is 0 Å². The van der Waals surface area contributed by atoms with Crippen LogP contribution in [-0.4, -0.2) is 88.4 Å². The highest BCUT2D eigenvalue weighted by Gasteiger charge is 2.43. The van der Waals surface area contributed by atoms with Gasteiger partial charge in [-0.2, -0.15) is 0 Å². The van der Waals surface area contributed by atoms with Gasteiger partial charge in [-0.05, 0) is 36.2 Å². The van der Waals surface area contributed by atoms with Crippen LogP contribution in [0.4, 0.5) is 5.82 Å². The number of hydrogen-bond donors (Lipinski definition) is 2. The van der Waals surface area contributed by atoms with Gasteiger partial charge in [0.1, 0.15) is 11.4 Å². The van der Waals surface area contributed by atoms with Crippen molar-refractivity contribution < 1.29 is 15.0 Å². The Labute approximate surface area is 187 Å². The number of aliphatic hydroxyl groups is 2. The fraction of sp³-hybridized carbons (Fsp3) is 0.478. The second kappa shape index (κ2) is 9.53. The summed E-state index contributed by atoms with van der Waals surface area (Å²) in [6.07, 6.45) is 1.57. The van der Waals surface area contributed by atoms with Gasteiger partial charge in [-0.3, -0.25) is 9.69 Å². The monoisotopic (exact) mass is 444 g/mol. The Bertz CT molecular complexity index is 874. The van der Waals surface area contributed by atoms with E-state index in [2.05, 4.69) is 14.8 Å². The number of likely N-dealkylation sites (tertiary alicyclic amines) is 1. The van der Waals surface area contributed by atoms with Gasteiger partial charge in [-0.1, -0.05) is 29.8 Å². The molecule has 2 fully saturated rings. The molecule has 0 saturated carbocycles. The molecule has 2 aliphatic heterocycles. The normalized spacial score (nSPS) is 24.9. The number of carbonyl (C=O) groups is 1. The number of pyridine rings is 1. The molecular formula is C23H29ClN4O3. The van der Waals surface area contributed by atoms with Crippen LogP contribution in [0.15, 0.2) is 48.7 Å². The molecule has 8 heteroatoms. The molecule has 2 aliphatic rings. The largest absolute Gasteiger partial charge is 0.390 e. The van der Waals surface area contributed by atoms with E-state index in [0.717, 1.165) is 37.6 Å². The first-order chi connectivity index (χ1) is 14.9. The molecule has 4 rings (SSSR count). The number of halogens is 1. The second-order valence-corrected chi connectivity index (χ2v) is 8.91. The molecule has 0 unspecified atom stereocenters. The van der Waals surface area contributed by atoms with Crippen molar-refractivity contribution in [3.8, 4) is 0 Å². The number of nitrogens with zero attached hydrogens (tertiary/aromatic N) is 4. The summed E-state index contributed by atoms with van der Waals surface area (Å²) in [5, 5.41) is 22.5. The molecule has 2 N–H and O–H groups in total. The van der Waals surface area contributed by atoms with Crippen molar-refractivity contribution in [1.29, 1.82) is 0 Å². The minimum atomic E-state index is -1.33. The summed E-state index contributed by atoms with van der Waals surface area (Å²) in [5.74, 6) is 0.908. The van der Waals surface area contributed by atoms with Gasteiger partial charge in [0.05, 0.1) is 19.1 Å². The number of benzene rings is 1. The first-order valence-corrected chi connectivity index (χ1v) is 11.1. The zero-order chi connectivity index (χ0) is 21.8. The number of anilines is 1. The van der Waals surface area contributed by atoms with Gasteiger partial charge < -0.3 is 20.0 Å². The number of rotatable bonds is 5. The third kappa shape index (κ3) is 5.36. The lowest BCUT2D eigenvalue weighted by Crippen LogP contribution is -2.64. The Morgan fingerprint density at radius 2 is 1.84 bits per heavy atom. The number of amides is 1. The van der Waals surface area contributed by atoms with Crippen LogP contribution in [0.1, 0.15) is 12.0 Å². The number of β-amino-alcohol motifs (C(OH)–C–C–N with tert-alkyl or cyclic N) is 1. The van der Waals surface area contributed by atoms with E-state index in [1.807, 2.05) is 30.3 Å². The van der Waals surface area contributed by atoms with Crippen LogP contribution < -0.4 is 4.90 Å². The average Bonchev–Trinajstić information content (AvgIpc) is 2.78. The van der Waals surface area contributed by atoms with Gasteiger partial charge in [0.2, 0.25) is 5.91 Å². The molecule has 7 nitrogen and oxygen atoms in total. The van der Waals surface area contributed by atoms with Crippen molar-refractivity contribution in [2.24, 2.45) is 0 Å². The summed E-state index contributed by atoms with van der Waals surface area (Å²) >= 11 is 5.92. The maximum Gasteiger partial charge on any atom is 0.227 e. The van der Waals surface area contributed by atoms with Crippen LogP contribution in [0.3, 0.4) is 0 Å². The van der Waals surface area contributed by atoms with Crippen LogP contribution >= 0.6 is 11.6 Å². The highest BCUT2D eigenvalue weighted by Crippen LogP contribution is 2.25. The first-order valence-electron chi connectivity index (χ1n) is 10.7. The van der Waals surface area contributed by atoms with Gasteiger partial charge in [-0.15, -0.1) is 0 Å². The van der Waals surface area contributed by atoms with Crippen molar-refractivity contribution in [1.82, 2.24) is 14.8 Å². The van der Waals surface area contributed by atoms with Crippen molar-refractivity contribution in [2.75, 3.05) is 50.7 Å². The Morgan fingerprint density at radius 1 is 1.10 bits per heavy atom. The number of aliphatic hydroxyl groups excluding tert-OH is 1. The van der Waals surface area contributed by atoms with Crippen LogP contribution in [0.25, 0.3) is 0 Å². The quantitative estimate of drug-likeness (QED) is 0.726. The number of piperidine rings is 1. The molecule has 0 spiro atoms. The van der Waals surface area contributed by atoms with E-state index in [4.69, 9.17) is 11.6 Å². The van der Waals surface area contributed by atoms with Gasteiger partial charge in [0.25, 0.3) is 0 Å². The van der Waals surface area contributed by atoms with E-state index < -0.39 is 11.7 Å². The topological polar surface area (TPSA) is 80.1 Å². The van der Waals surface area contributed by atoms with Gasteiger partial charge in [0.15, 0.2) is 0 Å². The van der Waals surface area contributed by atoms with Crippen LogP contribution in [0.2, 0.25) is 5.02 Å². The molecule has 2 atom stereocenters. The second-order valence-electron chi connectivity index (χ2n) is 8.48. The van der Waals surface area contributed by atoms with Gasteiger partial charge in [0, 0.05) is 50.5 Å². The fourth-order valence-corrected chi connectivity index (χ4v) is 4.51. The van der Waals surface area contributed by atoms with E-state index in [9.17, 15) is 15.0 Å². The summed E-state index contributed by atoms with van der Waals surface area (Å²) in [5.41, 5.74) is -0.448. The SMILES string of the molecule is O=C(Cc1ccc(Cl)cc1)N1CC[C@H](O)[C@@](O)(CN2CCN(c3ccccn3)CC2)C1. The van der Waals surface area contributed by atoms with Crippen molar-refractivity contribution in [3.05, 3.63) is 59.2 Å². The molecule has 2 saturated heterocycles. The molecule has 0 bridgehead atoms. The number of piperazine rings is 1. The lowest BCUT2D eigenvalue weighted by atomic mass is 9.88. The molecular weight excluding hydrogens is 416 g/mol. The predicted molar refractivity (Wildman–Crippen MR) is 120 cm³/mol. The minimum absolute atomic E-state index is 0.0485. The zero-order valence-electron chi connectivity index (χ0n) is 17.5. The van der Waals surface area contributed by atoms with E-state index in [-0.39, 0.29) is 18.9 Å². The van der Waals surface area contributed by atoms with Crippen molar-refractivity contribution >= 4 is 23.3 Å². The summed E-state index contributed by atoms with van der Waals surface area (Å²) in [6.45, 7) is 4.08. The highest BCUT2D eigenvalue weighted by molar-refractivity contribution is 6.30. The number of aromatic nitrogens is 1. The molecule has 3 heterocycles. The first kappa shape index (κ1) is 22.0.